The summed E-state index contributed by atoms with van der Waals surface area (Å²) < 4.78 is 8.89. The van der Waals surface area contributed by atoms with Gasteiger partial charge in [0.15, 0.2) is 0 Å². The van der Waals surface area contributed by atoms with Crippen LogP contribution in [0.2, 0.25) is 0 Å². The van der Waals surface area contributed by atoms with Crippen molar-refractivity contribution in [1.29, 1.82) is 0 Å². The average Bonchev–Trinajstić information content (AvgIpc) is 3.98. The summed E-state index contributed by atoms with van der Waals surface area (Å²) in [5.41, 5.74) is 20.0. The lowest BCUT2D eigenvalue weighted by Crippen LogP contribution is -2.11. The molecule has 11 aromatic carbocycles. The monoisotopic (exact) mass is 880 g/mol. The van der Waals surface area contributed by atoms with Gasteiger partial charge in [0.05, 0.1) is 16.7 Å². The van der Waals surface area contributed by atoms with Crippen molar-refractivity contribution in [2.45, 2.75) is 0 Å². The molecule has 0 aliphatic rings. The second kappa shape index (κ2) is 16.9. The van der Waals surface area contributed by atoms with E-state index in [4.69, 9.17) is 4.42 Å². The van der Waals surface area contributed by atoms with Crippen LogP contribution in [0.1, 0.15) is 0 Å². The van der Waals surface area contributed by atoms with Gasteiger partial charge in [0.25, 0.3) is 0 Å². The molecule has 3 heteroatoms. The summed E-state index contributed by atoms with van der Waals surface area (Å²) in [5.74, 6) is 0. The first-order valence-corrected chi connectivity index (χ1v) is 23.6. The number of rotatable bonds is 9. The quantitative estimate of drug-likeness (QED) is 0.144. The van der Waals surface area contributed by atoms with Gasteiger partial charge in [0.1, 0.15) is 11.2 Å². The van der Waals surface area contributed by atoms with E-state index in [1.54, 1.807) is 0 Å². The number of fused-ring (bicyclic) bond motifs is 6. The van der Waals surface area contributed by atoms with Crippen molar-refractivity contribution in [3.05, 3.63) is 267 Å². The third-order valence-corrected chi connectivity index (χ3v) is 13.6. The molecular weight excluding hydrogens is 837 g/mol. The van der Waals surface area contributed by atoms with Crippen LogP contribution in [0, 0.1) is 0 Å². The van der Waals surface area contributed by atoms with Gasteiger partial charge in [-0.15, -0.1) is 0 Å². The molecule has 0 aliphatic carbocycles. The molecule has 0 N–H and O–H groups in total. The SMILES string of the molecule is c1ccc(-c2ccccc2-c2ccccc2-c2ccccc2N(c2ccc(-c3cccc(-n4c5ccccc5c5ccccc54)c3)cc2)c2ccc(-c3cccc4c3oc3ccccc34)cc2)cc1. The van der Waals surface area contributed by atoms with Gasteiger partial charge in [-0.25, -0.2) is 0 Å². The summed E-state index contributed by atoms with van der Waals surface area (Å²) >= 11 is 0. The van der Waals surface area contributed by atoms with Crippen LogP contribution in [0.25, 0.3) is 105 Å². The zero-order valence-electron chi connectivity index (χ0n) is 37.7. The van der Waals surface area contributed by atoms with E-state index in [0.29, 0.717) is 0 Å². The molecule has 13 aromatic rings. The first kappa shape index (κ1) is 40.1. The van der Waals surface area contributed by atoms with Crippen LogP contribution in [0.3, 0.4) is 0 Å². The van der Waals surface area contributed by atoms with Crippen molar-refractivity contribution in [3.63, 3.8) is 0 Å². The lowest BCUT2D eigenvalue weighted by Gasteiger charge is -2.29. The van der Waals surface area contributed by atoms with Gasteiger partial charge in [-0.05, 0) is 105 Å². The maximum Gasteiger partial charge on any atom is 0.143 e. The van der Waals surface area contributed by atoms with Gasteiger partial charge in [-0.1, -0.05) is 206 Å². The van der Waals surface area contributed by atoms with Gasteiger partial charge >= 0.3 is 0 Å². The third-order valence-electron chi connectivity index (χ3n) is 13.6. The van der Waals surface area contributed by atoms with Gasteiger partial charge in [-0.2, -0.15) is 0 Å². The summed E-state index contributed by atoms with van der Waals surface area (Å²) in [6.45, 7) is 0. The summed E-state index contributed by atoms with van der Waals surface area (Å²) in [4.78, 5) is 2.40. The number of anilines is 3. The molecule has 0 radical (unpaired) electrons. The Labute approximate surface area is 401 Å². The predicted molar refractivity (Wildman–Crippen MR) is 290 cm³/mol. The minimum atomic E-state index is 0.896. The van der Waals surface area contributed by atoms with E-state index >= 15 is 0 Å². The van der Waals surface area contributed by atoms with Gasteiger partial charge in [-0.3, -0.25) is 0 Å². The molecule has 324 valence electrons. The Morgan fingerprint density at radius 1 is 0.290 bits per heavy atom. The molecule has 13 rings (SSSR count). The normalized spacial score (nSPS) is 11.5. The van der Waals surface area contributed by atoms with Crippen molar-refractivity contribution in [2.24, 2.45) is 0 Å². The number of hydrogen-bond donors (Lipinski definition) is 0. The second-order valence-electron chi connectivity index (χ2n) is 17.6. The van der Waals surface area contributed by atoms with Gasteiger partial charge < -0.3 is 13.9 Å². The van der Waals surface area contributed by atoms with Crippen LogP contribution in [0.4, 0.5) is 17.1 Å². The molecular formula is C66H44N2O. The first-order valence-electron chi connectivity index (χ1n) is 23.6. The molecule has 0 amide bonds. The highest BCUT2D eigenvalue weighted by molar-refractivity contribution is 6.10. The molecule has 69 heavy (non-hydrogen) atoms. The van der Waals surface area contributed by atoms with Crippen molar-refractivity contribution in [2.75, 3.05) is 4.90 Å². The molecule has 2 heterocycles. The smallest absolute Gasteiger partial charge is 0.143 e. The number of furan rings is 1. The highest BCUT2D eigenvalue weighted by atomic mass is 16.3. The topological polar surface area (TPSA) is 21.3 Å². The Morgan fingerprint density at radius 3 is 1.45 bits per heavy atom. The van der Waals surface area contributed by atoms with E-state index in [1.165, 1.54) is 44.1 Å². The molecule has 0 saturated carbocycles. The molecule has 0 spiro atoms. The standard InChI is InChI=1S/C66H44N2O/c1-2-18-46(19-3-1)52-22-4-5-23-54(52)55-24-6-7-25-56(55)57-26-8-12-32-62(57)67(50-42-38-47(39-43-50)53-30-17-31-61-60-29-11-15-35-65(60)69-66(53)61)49-40-36-45(37-41-49)48-20-16-21-51(44-48)68-63-33-13-9-27-58(63)59-28-10-14-34-64(59)68/h1-44H. The second-order valence-corrected chi connectivity index (χ2v) is 17.6. The van der Waals surface area contributed by atoms with Crippen LogP contribution in [0.5, 0.6) is 0 Å². The minimum Gasteiger partial charge on any atom is -0.455 e. The van der Waals surface area contributed by atoms with Crippen molar-refractivity contribution in [1.82, 2.24) is 4.57 Å². The third kappa shape index (κ3) is 6.99. The highest BCUT2D eigenvalue weighted by Crippen LogP contribution is 2.46. The molecule has 0 aliphatic heterocycles. The molecule has 0 saturated heterocycles. The maximum absolute atomic E-state index is 6.51. The lowest BCUT2D eigenvalue weighted by molar-refractivity contribution is 0.670. The Hall–Kier alpha value is -9.18. The largest absolute Gasteiger partial charge is 0.455 e. The van der Waals surface area contributed by atoms with Crippen LogP contribution in [0.15, 0.2) is 271 Å². The van der Waals surface area contributed by atoms with E-state index < -0.39 is 0 Å². The molecule has 0 atom stereocenters. The van der Waals surface area contributed by atoms with Crippen LogP contribution >= 0.6 is 0 Å². The Kier molecular flexibility index (Phi) is 9.84. The van der Waals surface area contributed by atoms with E-state index in [1.807, 2.05) is 12.1 Å². The van der Waals surface area contributed by atoms with E-state index in [-0.39, 0.29) is 0 Å². The Bertz CT molecular complexity index is 3960. The number of aromatic nitrogens is 1. The molecule has 0 bridgehead atoms. The fourth-order valence-electron chi connectivity index (χ4n) is 10.5. The van der Waals surface area contributed by atoms with Gasteiger partial charge in [0, 0.05) is 49.7 Å². The van der Waals surface area contributed by atoms with E-state index in [9.17, 15) is 0 Å². The van der Waals surface area contributed by atoms with Crippen molar-refractivity contribution < 1.29 is 4.42 Å². The summed E-state index contributed by atoms with van der Waals surface area (Å²) in [7, 11) is 0. The van der Waals surface area contributed by atoms with Gasteiger partial charge in [0.2, 0.25) is 0 Å². The fraction of sp³-hybridized carbons (Fsp3) is 0. The number of nitrogens with zero attached hydrogens (tertiary/aromatic N) is 2. The van der Waals surface area contributed by atoms with Crippen molar-refractivity contribution >= 4 is 60.8 Å². The molecule has 0 unspecified atom stereocenters. The zero-order chi connectivity index (χ0) is 45.7. The Balaban J connectivity index is 0.942. The van der Waals surface area contributed by atoms with Crippen LogP contribution < -0.4 is 4.90 Å². The van der Waals surface area contributed by atoms with Crippen molar-refractivity contribution in [3.8, 4) is 61.3 Å². The number of para-hydroxylation sites is 5. The first-order chi connectivity index (χ1) is 34.2. The number of benzene rings is 11. The molecule has 2 aromatic heterocycles. The summed E-state index contributed by atoms with van der Waals surface area (Å²) in [6.07, 6.45) is 0. The Morgan fingerprint density at radius 2 is 0.754 bits per heavy atom. The minimum absolute atomic E-state index is 0.896. The average molecular weight is 881 g/mol. The highest BCUT2D eigenvalue weighted by Gasteiger charge is 2.21. The fourth-order valence-corrected chi connectivity index (χ4v) is 10.5. The maximum atomic E-state index is 6.51. The van der Waals surface area contributed by atoms with E-state index in [0.717, 1.165) is 78.1 Å². The molecule has 3 nitrogen and oxygen atoms in total. The van der Waals surface area contributed by atoms with Crippen LogP contribution in [-0.4, -0.2) is 4.57 Å². The summed E-state index contributed by atoms with van der Waals surface area (Å²) in [6, 6.07) is 96.1. The van der Waals surface area contributed by atoms with E-state index in [2.05, 4.69) is 264 Å². The molecule has 0 fully saturated rings. The summed E-state index contributed by atoms with van der Waals surface area (Å²) in [5, 5.41) is 4.76. The zero-order valence-corrected chi connectivity index (χ0v) is 37.7. The van der Waals surface area contributed by atoms with Crippen LogP contribution in [-0.2, 0) is 0 Å². The predicted octanol–water partition coefficient (Wildman–Crippen LogP) is 18.5. The number of hydrogen-bond acceptors (Lipinski definition) is 2. The lowest BCUT2D eigenvalue weighted by atomic mass is 9.88.